The molecule has 0 saturated heterocycles. The van der Waals surface area contributed by atoms with Gasteiger partial charge in [0.05, 0.1) is 12.8 Å². The molecule has 1 amide bonds. The van der Waals surface area contributed by atoms with E-state index in [0.717, 1.165) is 16.9 Å². The first kappa shape index (κ1) is 15.9. The van der Waals surface area contributed by atoms with Gasteiger partial charge in [-0.1, -0.05) is 17.4 Å². The Morgan fingerprint density at radius 2 is 2.26 bits per heavy atom. The molecule has 0 aliphatic carbocycles. The number of thiazole rings is 1. The van der Waals surface area contributed by atoms with Gasteiger partial charge < -0.3 is 15.0 Å². The van der Waals surface area contributed by atoms with Gasteiger partial charge in [-0.15, -0.1) is 0 Å². The molecule has 0 spiro atoms. The molecule has 11 heteroatoms. The Kier molecular flexibility index (Phi) is 4.10. The van der Waals surface area contributed by atoms with Gasteiger partial charge in [0.25, 0.3) is 10.0 Å². The van der Waals surface area contributed by atoms with Crippen molar-refractivity contribution in [1.29, 1.82) is 0 Å². The van der Waals surface area contributed by atoms with E-state index in [1.165, 1.54) is 19.2 Å². The van der Waals surface area contributed by atoms with E-state index in [4.69, 9.17) is 4.65 Å². The molecule has 0 bridgehead atoms. The van der Waals surface area contributed by atoms with Crippen LogP contribution in [0.25, 0.3) is 0 Å². The molecule has 2 heterocycles. The fraction of sp³-hybridized carbons (Fsp3) is 0.167. The third-order valence-corrected chi connectivity index (χ3v) is 5.85. The van der Waals surface area contributed by atoms with E-state index in [1.807, 2.05) is 0 Å². The summed E-state index contributed by atoms with van der Waals surface area (Å²) in [7, 11) is -4.88. The van der Waals surface area contributed by atoms with Gasteiger partial charge in [-0.25, -0.2) is 13.4 Å². The minimum atomic E-state index is -3.83. The highest BCUT2D eigenvalue weighted by Crippen LogP contribution is 2.25. The topological polar surface area (TPSA) is 118 Å². The second-order valence-electron chi connectivity index (χ2n) is 4.85. The van der Waals surface area contributed by atoms with Crippen LogP contribution in [-0.4, -0.2) is 31.5 Å². The monoisotopic (exact) mass is 353 g/mol. The average molecular weight is 353 g/mol. The second-order valence-corrected chi connectivity index (χ2v) is 7.79. The van der Waals surface area contributed by atoms with E-state index in [9.17, 15) is 18.2 Å². The highest BCUT2D eigenvalue weighted by Gasteiger charge is 2.28. The predicted molar refractivity (Wildman–Crippen MR) is 86.1 cm³/mol. The molecule has 3 rings (SSSR count). The quantitative estimate of drug-likeness (QED) is 0.672. The Morgan fingerprint density at radius 1 is 1.48 bits per heavy atom. The number of nitrogens with one attached hydrogen (secondary N) is 2. The van der Waals surface area contributed by atoms with Gasteiger partial charge in [-0.3, -0.25) is 9.52 Å². The smallest absolute Gasteiger partial charge is 0.423 e. The van der Waals surface area contributed by atoms with E-state index < -0.39 is 17.1 Å². The van der Waals surface area contributed by atoms with Gasteiger partial charge in [0.1, 0.15) is 0 Å². The van der Waals surface area contributed by atoms with Gasteiger partial charge in [0.15, 0.2) is 9.34 Å². The number of carbonyl (C=O) groups is 1. The van der Waals surface area contributed by atoms with Crippen LogP contribution in [0.1, 0.15) is 12.5 Å². The molecule has 0 unspecified atom stereocenters. The van der Waals surface area contributed by atoms with E-state index in [2.05, 4.69) is 15.0 Å². The largest absolute Gasteiger partial charge is 0.491 e. The Morgan fingerprint density at radius 3 is 3.00 bits per heavy atom. The number of anilines is 2. The normalized spacial score (nSPS) is 13.7. The molecule has 1 aromatic heterocycles. The van der Waals surface area contributed by atoms with Crippen LogP contribution in [0, 0.1) is 0 Å². The molecule has 8 nitrogen and oxygen atoms in total. The fourth-order valence-electron chi connectivity index (χ4n) is 2.08. The summed E-state index contributed by atoms with van der Waals surface area (Å²) in [5.74, 6) is -0.330. The number of benzene rings is 1. The first-order valence-corrected chi connectivity index (χ1v) is 8.84. The first-order valence-electron chi connectivity index (χ1n) is 6.54. The standard InChI is InChI=1S/C12H12BN3O5S2/c1-7(17)15-12-14-5-11(22-12)23(19,20)16-9-3-2-8-6-21-13(18)10(8)4-9/h2-5,16,18H,6H2,1H3,(H,14,15,17). The van der Waals surface area contributed by atoms with E-state index in [-0.39, 0.29) is 15.2 Å². The number of carbonyl (C=O) groups excluding carboxylic acids is 1. The number of hydrogen-bond acceptors (Lipinski definition) is 7. The lowest BCUT2D eigenvalue weighted by Gasteiger charge is -2.07. The lowest BCUT2D eigenvalue weighted by molar-refractivity contribution is -0.114. The highest BCUT2D eigenvalue weighted by molar-refractivity contribution is 7.94. The summed E-state index contributed by atoms with van der Waals surface area (Å²) in [6.07, 6.45) is 1.17. The lowest BCUT2D eigenvalue weighted by atomic mass is 9.79. The van der Waals surface area contributed by atoms with Crippen molar-refractivity contribution in [3.63, 3.8) is 0 Å². The van der Waals surface area contributed by atoms with Crippen LogP contribution in [0.2, 0.25) is 0 Å². The SMILES string of the molecule is CC(=O)Nc1ncc(S(=O)(=O)Nc2ccc3c(c2)B(O)OC3)s1. The van der Waals surface area contributed by atoms with Crippen LogP contribution in [0.3, 0.4) is 0 Å². The molecule has 0 saturated carbocycles. The fourth-order valence-corrected chi connectivity index (χ4v) is 4.20. The molecule has 0 fully saturated rings. The minimum absolute atomic E-state index is 0.0291. The summed E-state index contributed by atoms with van der Waals surface area (Å²) in [6, 6.07) is 4.81. The summed E-state index contributed by atoms with van der Waals surface area (Å²) in [6.45, 7) is 1.60. The maximum Gasteiger partial charge on any atom is 0.491 e. The zero-order valence-corrected chi connectivity index (χ0v) is 13.6. The molecule has 1 aliphatic heterocycles. The van der Waals surface area contributed by atoms with Crippen molar-refractivity contribution < 1.29 is 22.9 Å². The third kappa shape index (κ3) is 3.37. The highest BCUT2D eigenvalue weighted by atomic mass is 32.2. The van der Waals surface area contributed by atoms with Gasteiger partial charge in [0, 0.05) is 12.6 Å². The third-order valence-electron chi connectivity index (χ3n) is 3.09. The molecule has 23 heavy (non-hydrogen) atoms. The maximum absolute atomic E-state index is 12.3. The second kappa shape index (κ2) is 5.93. The molecular weight excluding hydrogens is 341 g/mol. The van der Waals surface area contributed by atoms with Crippen molar-refractivity contribution in [3.8, 4) is 0 Å². The molecular formula is C12H12BN3O5S2. The molecule has 1 aliphatic rings. The van der Waals surface area contributed by atoms with Crippen LogP contribution in [-0.2, 0) is 26.1 Å². The van der Waals surface area contributed by atoms with Crippen molar-refractivity contribution in [3.05, 3.63) is 30.0 Å². The summed E-state index contributed by atoms with van der Waals surface area (Å²) >= 11 is 0.846. The van der Waals surface area contributed by atoms with Gasteiger partial charge in [-0.2, -0.15) is 0 Å². The van der Waals surface area contributed by atoms with Crippen molar-refractivity contribution in [1.82, 2.24) is 4.98 Å². The number of fused-ring (bicyclic) bond motifs is 1. The van der Waals surface area contributed by atoms with Crippen LogP contribution >= 0.6 is 11.3 Å². The Balaban J connectivity index is 1.83. The summed E-state index contributed by atoms with van der Waals surface area (Å²) < 4.78 is 32.1. The van der Waals surface area contributed by atoms with Gasteiger partial charge >= 0.3 is 7.12 Å². The van der Waals surface area contributed by atoms with Crippen molar-refractivity contribution in [2.75, 3.05) is 10.0 Å². The molecule has 1 aromatic carbocycles. The van der Waals surface area contributed by atoms with Crippen molar-refractivity contribution in [2.24, 2.45) is 0 Å². The Hall–Kier alpha value is -1.95. The molecule has 2 aromatic rings. The lowest BCUT2D eigenvalue weighted by Crippen LogP contribution is -2.28. The molecule has 3 N–H and O–H groups in total. The van der Waals surface area contributed by atoms with Crippen LogP contribution < -0.4 is 15.5 Å². The van der Waals surface area contributed by atoms with E-state index in [1.54, 1.807) is 12.1 Å². The summed E-state index contributed by atoms with van der Waals surface area (Å²) in [4.78, 5) is 14.8. The van der Waals surface area contributed by atoms with Crippen LogP contribution in [0.4, 0.5) is 10.8 Å². The Labute approximate surface area is 136 Å². The zero-order valence-electron chi connectivity index (χ0n) is 11.9. The summed E-state index contributed by atoms with van der Waals surface area (Å²) in [5, 5.41) is 12.3. The maximum atomic E-state index is 12.3. The van der Waals surface area contributed by atoms with E-state index in [0.29, 0.717) is 17.8 Å². The summed E-state index contributed by atoms with van der Waals surface area (Å²) in [5.41, 5.74) is 1.65. The Bertz CT molecular complexity index is 867. The number of hydrogen-bond donors (Lipinski definition) is 3. The predicted octanol–water partition coefficient (Wildman–Crippen LogP) is 0.120. The number of rotatable bonds is 4. The number of aromatic nitrogens is 1. The number of nitrogens with zero attached hydrogens (tertiary/aromatic N) is 1. The number of sulfonamides is 1. The molecule has 0 atom stereocenters. The van der Waals surface area contributed by atoms with Gasteiger partial charge in [0.2, 0.25) is 5.91 Å². The van der Waals surface area contributed by atoms with Crippen molar-refractivity contribution in [2.45, 2.75) is 17.7 Å². The molecule has 120 valence electrons. The van der Waals surface area contributed by atoms with Crippen molar-refractivity contribution >= 4 is 50.7 Å². The van der Waals surface area contributed by atoms with Crippen LogP contribution in [0.5, 0.6) is 0 Å². The molecule has 0 radical (unpaired) electrons. The van der Waals surface area contributed by atoms with E-state index >= 15 is 0 Å². The first-order chi connectivity index (χ1) is 10.8. The average Bonchev–Trinajstić information content (AvgIpc) is 3.06. The van der Waals surface area contributed by atoms with Crippen LogP contribution in [0.15, 0.2) is 28.6 Å². The van der Waals surface area contributed by atoms with Gasteiger partial charge in [-0.05, 0) is 23.2 Å². The minimum Gasteiger partial charge on any atom is -0.423 e. The number of amides is 1. The zero-order chi connectivity index (χ0) is 16.6.